The van der Waals surface area contributed by atoms with E-state index in [0.29, 0.717) is 0 Å². The van der Waals surface area contributed by atoms with E-state index >= 15 is 0 Å². The van der Waals surface area contributed by atoms with E-state index in [-0.39, 0.29) is 0 Å². The topological polar surface area (TPSA) is 3.24 Å². The quantitative estimate of drug-likeness (QED) is 0.698. The number of hydrogen-bond acceptors (Lipinski definition) is 1. The Morgan fingerprint density at radius 1 is 1.23 bits per heavy atom. The molecular formula is C11H12ClN. The van der Waals surface area contributed by atoms with Gasteiger partial charge in [0, 0.05) is 25.2 Å². The fraction of sp³-hybridized carbons (Fsp3) is 0.273. The molecule has 1 heterocycles. The second-order valence-electron chi connectivity index (χ2n) is 3.30. The van der Waals surface area contributed by atoms with Gasteiger partial charge in [0.1, 0.15) is 0 Å². The number of benzene rings is 1. The molecule has 0 spiro atoms. The van der Waals surface area contributed by atoms with Crippen LogP contribution in [-0.2, 0) is 13.1 Å². The van der Waals surface area contributed by atoms with Crippen LogP contribution in [0.15, 0.2) is 35.9 Å². The van der Waals surface area contributed by atoms with Crippen molar-refractivity contribution >= 4 is 11.6 Å². The second-order valence-corrected chi connectivity index (χ2v) is 3.55. The molecule has 0 unspecified atom stereocenters. The number of fused-ring (bicyclic) bond motifs is 1. The Hall–Kier alpha value is -0.790. The highest BCUT2D eigenvalue weighted by Gasteiger charge is 2.16. The maximum absolute atomic E-state index is 5.48. The second kappa shape index (κ2) is 3.95. The number of halogens is 1. The van der Waals surface area contributed by atoms with E-state index in [0.717, 1.165) is 19.6 Å². The molecule has 68 valence electrons. The zero-order chi connectivity index (χ0) is 9.10. The third kappa shape index (κ3) is 1.93. The first-order chi connectivity index (χ1) is 6.40. The van der Waals surface area contributed by atoms with Gasteiger partial charge in [-0.15, -0.1) is 0 Å². The Balaban J connectivity index is 2.05. The van der Waals surface area contributed by atoms with Crippen molar-refractivity contribution in [3.05, 3.63) is 47.0 Å². The molecule has 0 bridgehead atoms. The van der Waals surface area contributed by atoms with Crippen LogP contribution in [0.2, 0.25) is 0 Å². The first-order valence-corrected chi connectivity index (χ1v) is 4.88. The van der Waals surface area contributed by atoms with Crippen LogP contribution in [0.25, 0.3) is 0 Å². The molecule has 0 amide bonds. The lowest BCUT2D eigenvalue weighted by Gasteiger charge is -2.10. The van der Waals surface area contributed by atoms with Gasteiger partial charge in [0.05, 0.1) is 0 Å². The van der Waals surface area contributed by atoms with E-state index in [4.69, 9.17) is 11.6 Å². The zero-order valence-electron chi connectivity index (χ0n) is 7.41. The van der Waals surface area contributed by atoms with Gasteiger partial charge >= 0.3 is 0 Å². The molecule has 0 saturated carbocycles. The molecule has 0 aromatic heterocycles. The Kier molecular flexibility index (Phi) is 2.67. The van der Waals surface area contributed by atoms with Crippen molar-refractivity contribution in [3.63, 3.8) is 0 Å². The summed E-state index contributed by atoms with van der Waals surface area (Å²) in [5, 5.41) is 0. The molecule has 0 radical (unpaired) electrons. The van der Waals surface area contributed by atoms with Crippen molar-refractivity contribution in [2.24, 2.45) is 0 Å². The van der Waals surface area contributed by atoms with Gasteiger partial charge in [0.25, 0.3) is 0 Å². The monoisotopic (exact) mass is 193 g/mol. The van der Waals surface area contributed by atoms with Crippen molar-refractivity contribution in [1.29, 1.82) is 0 Å². The summed E-state index contributed by atoms with van der Waals surface area (Å²) in [5.74, 6) is 0. The summed E-state index contributed by atoms with van der Waals surface area (Å²) in [6.07, 6.45) is 1.98. The smallest absolute Gasteiger partial charge is 0.0243 e. The van der Waals surface area contributed by atoms with Gasteiger partial charge in [-0.25, -0.2) is 0 Å². The van der Waals surface area contributed by atoms with E-state index < -0.39 is 0 Å². The molecule has 0 saturated heterocycles. The van der Waals surface area contributed by atoms with Crippen LogP contribution in [0, 0.1) is 0 Å². The number of hydrogen-bond donors (Lipinski definition) is 0. The maximum atomic E-state index is 5.48. The van der Waals surface area contributed by atoms with Gasteiger partial charge in [-0.1, -0.05) is 41.9 Å². The molecule has 1 aromatic rings. The third-order valence-electron chi connectivity index (χ3n) is 2.36. The van der Waals surface area contributed by atoms with Crippen LogP contribution in [0.5, 0.6) is 0 Å². The normalized spacial score (nSPS) is 16.7. The SMILES string of the molecule is Cl/C=C/CN1Cc2ccccc2C1. The third-order valence-corrected chi connectivity index (χ3v) is 2.54. The van der Waals surface area contributed by atoms with Crippen molar-refractivity contribution < 1.29 is 0 Å². The van der Waals surface area contributed by atoms with Gasteiger partial charge in [-0.3, -0.25) is 4.90 Å². The molecule has 0 fully saturated rings. The van der Waals surface area contributed by atoms with E-state index in [1.165, 1.54) is 11.1 Å². The van der Waals surface area contributed by atoms with Gasteiger partial charge in [0.2, 0.25) is 0 Å². The first kappa shape index (κ1) is 8.79. The van der Waals surface area contributed by atoms with Crippen LogP contribution in [-0.4, -0.2) is 11.4 Å². The fourth-order valence-electron chi connectivity index (χ4n) is 1.72. The first-order valence-electron chi connectivity index (χ1n) is 4.44. The summed E-state index contributed by atoms with van der Waals surface area (Å²) in [7, 11) is 0. The summed E-state index contributed by atoms with van der Waals surface area (Å²) >= 11 is 5.48. The highest BCUT2D eigenvalue weighted by molar-refractivity contribution is 6.25. The van der Waals surface area contributed by atoms with Gasteiger partial charge in [0.15, 0.2) is 0 Å². The van der Waals surface area contributed by atoms with Crippen molar-refractivity contribution in [1.82, 2.24) is 4.90 Å². The lowest BCUT2D eigenvalue weighted by molar-refractivity contribution is 0.317. The van der Waals surface area contributed by atoms with Crippen molar-refractivity contribution in [2.75, 3.05) is 6.54 Å². The zero-order valence-corrected chi connectivity index (χ0v) is 8.17. The minimum atomic E-state index is 0.943. The molecule has 1 nitrogen and oxygen atoms in total. The van der Waals surface area contributed by atoms with Crippen LogP contribution >= 0.6 is 11.6 Å². The lowest BCUT2D eigenvalue weighted by Crippen LogP contribution is -2.15. The number of nitrogens with zero attached hydrogens (tertiary/aromatic N) is 1. The summed E-state index contributed by atoms with van der Waals surface area (Å²) in [6, 6.07) is 8.58. The standard InChI is InChI=1S/C11H12ClN/c12-6-3-7-13-8-10-4-1-2-5-11(10)9-13/h1-6H,7-9H2/b6-3+. The fourth-order valence-corrected chi connectivity index (χ4v) is 1.80. The summed E-state index contributed by atoms with van der Waals surface area (Å²) < 4.78 is 0. The highest BCUT2D eigenvalue weighted by Crippen LogP contribution is 2.21. The van der Waals surface area contributed by atoms with Gasteiger partial charge < -0.3 is 0 Å². The average molecular weight is 194 g/mol. The molecule has 0 aliphatic carbocycles. The van der Waals surface area contributed by atoms with Crippen LogP contribution in [0.1, 0.15) is 11.1 Å². The molecular weight excluding hydrogens is 182 g/mol. The molecule has 13 heavy (non-hydrogen) atoms. The molecule has 2 rings (SSSR count). The summed E-state index contributed by atoms with van der Waals surface area (Å²) in [4.78, 5) is 2.36. The van der Waals surface area contributed by atoms with E-state index in [2.05, 4.69) is 29.2 Å². The largest absolute Gasteiger partial charge is 0.291 e. The maximum Gasteiger partial charge on any atom is 0.0243 e. The lowest BCUT2D eigenvalue weighted by atomic mass is 10.1. The summed E-state index contributed by atoms with van der Waals surface area (Å²) in [5.41, 5.74) is 4.49. The van der Waals surface area contributed by atoms with Gasteiger partial charge in [-0.2, -0.15) is 0 Å². The van der Waals surface area contributed by atoms with E-state index in [1.54, 1.807) is 5.54 Å². The number of rotatable bonds is 2. The van der Waals surface area contributed by atoms with Crippen LogP contribution in [0.3, 0.4) is 0 Å². The Bertz CT molecular complexity index is 295. The van der Waals surface area contributed by atoms with Crippen LogP contribution in [0.4, 0.5) is 0 Å². The van der Waals surface area contributed by atoms with Crippen molar-refractivity contribution in [2.45, 2.75) is 13.1 Å². The van der Waals surface area contributed by atoms with Crippen molar-refractivity contribution in [3.8, 4) is 0 Å². The van der Waals surface area contributed by atoms with Gasteiger partial charge in [-0.05, 0) is 11.1 Å². The Morgan fingerprint density at radius 2 is 1.85 bits per heavy atom. The van der Waals surface area contributed by atoms with Crippen LogP contribution < -0.4 is 0 Å². The summed E-state index contributed by atoms with van der Waals surface area (Å²) in [6.45, 7) is 3.05. The molecule has 0 atom stereocenters. The molecule has 2 heteroatoms. The minimum absolute atomic E-state index is 0.943. The molecule has 0 N–H and O–H groups in total. The predicted octanol–water partition coefficient (Wildman–Crippen LogP) is 2.75. The molecule has 1 aliphatic heterocycles. The van der Waals surface area contributed by atoms with E-state index in [9.17, 15) is 0 Å². The highest BCUT2D eigenvalue weighted by atomic mass is 35.5. The Labute approximate surface area is 83.6 Å². The minimum Gasteiger partial charge on any atom is -0.291 e. The Morgan fingerprint density at radius 3 is 2.38 bits per heavy atom. The molecule has 1 aliphatic rings. The molecule has 1 aromatic carbocycles. The average Bonchev–Trinajstić information content (AvgIpc) is 2.57. The van der Waals surface area contributed by atoms with E-state index in [1.807, 2.05) is 6.08 Å². The predicted molar refractivity (Wildman–Crippen MR) is 55.5 cm³/mol.